The van der Waals surface area contributed by atoms with Crippen LogP contribution in [0.3, 0.4) is 0 Å². The first-order chi connectivity index (χ1) is 15.6. The summed E-state index contributed by atoms with van der Waals surface area (Å²) in [7, 11) is 0. The molecular weight excluding hydrogens is 405 g/mol. The number of carbonyl (C=O) groups is 2. The van der Waals surface area contributed by atoms with E-state index in [1.54, 1.807) is 30.3 Å². The average Bonchev–Trinajstić information content (AvgIpc) is 2.84. The molecule has 3 aromatic carbocycles. The quantitative estimate of drug-likeness (QED) is 0.610. The molecule has 1 aliphatic heterocycles. The first kappa shape index (κ1) is 21.3. The molecule has 3 aromatic rings. The number of nitrogens with one attached hydrogen (secondary N) is 1. The maximum absolute atomic E-state index is 13.8. The Kier molecular flexibility index (Phi) is 6.60. The van der Waals surface area contributed by atoms with Crippen molar-refractivity contribution < 1.29 is 14.0 Å². The van der Waals surface area contributed by atoms with E-state index in [9.17, 15) is 14.0 Å². The van der Waals surface area contributed by atoms with Crippen molar-refractivity contribution in [3.05, 3.63) is 102 Å². The number of benzene rings is 3. The Labute approximate surface area is 186 Å². The second-order valence-corrected chi connectivity index (χ2v) is 7.54. The average molecular weight is 429 g/mol. The summed E-state index contributed by atoms with van der Waals surface area (Å²) < 4.78 is 13.8. The summed E-state index contributed by atoms with van der Waals surface area (Å²) >= 11 is 0. The fourth-order valence-electron chi connectivity index (χ4n) is 3.62. The molecular formula is C26H24FN3O2. The Balaban J connectivity index is 1.30. The molecule has 0 unspecified atom stereocenters. The van der Waals surface area contributed by atoms with Crippen LogP contribution in [0.15, 0.2) is 84.9 Å². The van der Waals surface area contributed by atoms with Crippen molar-refractivity contribution >= 4 is 29.3 Å². The van der Waals surface area contributed by atoms with Crippen molar-refractivity contribution in [1.82, 2.24) is 4.90 Å². The van der Waals surface area contributed by atoms with Crippen LogP contribution in [-0.2, 0) is 4.79 Å². The molecule has 0 radical (unpaired) electrons. The van der Waals surface area contributed by atoms with Crippen LogP contribution < -0.4 is 10.2 Å². The zero-order valence-electron chi connectivity index (χ0n) is 17.6. The van der Waals surface area contributed by atoms with Gasteiger partial charge in [0.15, 0.2) is 0 Å². The van der Waals surface area contributed by atoms with Crippen LogP contribution in [0.4, 0.5) is 15.8 Å². The summed E-state index contributed by atoms with van der Waals surface area (Å²) in [6, 6.07) is 23.1. The van der Waals surface area contributed by atoms with E-state index in [4.69, 9.17) is 0 Å². The molecule has 0 bridgehead atoms. The summed E-state index contributed by atoms with van der Waals surface area (Å²) in [5, 5.41) is 2.72. The summed E-state index contributed by atoms with van der Waals surface area (Å²) in [6.45, 7) is 2.74. The first-order valence-electron chi connectivity index (χ1n) is 10.5. The minimum atomic E-state index is -0.548. The lowest BCUT2D eigenvalue weighted by Crippen LogP contribution is -2.48. The number of carbonyl (C=O) groups excluding carboxylic acids is 2. The van der Waals surface area contributed by atoms with Crippen LogP contribution in [0.2, 0.25) is 0 Å². The number of hydrogen-bond donors (Lipinski definition) is 1. The number of rotatable bonds is 5. The van der Waals surface area contributed by atoms with Gasteiger partial charge in [-0.25, -0.2) is 4.39 Å². The van der Waals surface area contributed by atoms with E-state index < -0.39 is 11.7 Å². The largest absolute Gasteiger partial charge is 0.368 e. The molecule has 0 saturated carbocycles. The fourth-order valence-corrected chi connectivity index (χ4v) is 3.62. The predicted octanol–water partition coefficient (Wildman–Crippen LogP) is 4.44. The van der Waals surface area contributed by atoms with Gasteiger partial charge >= 0.3 is 0 Å². The van der Waals surface area contributed by atoms with Crippen molar-refractivity contribution in [3.63, 3.8) is 0 Å². The SMILES string of the molecule is O=C(Nc1ccc(N2CCN(C(=O)/C=C/c3ccccc3)CC2)cc1)c1ccccc1F. The second kappa shape index (κ2) is 9.92. The summed E-state index contributed by atoms with van der Waals surface area (Å²) in [4.78, 5) is 28.8. The number of amides is 2. The van der Waals surface area contributed by atoms with Gasteiger partial charge in [-0.2, -0.15) is 0 Å². The molecule has 162 valence electrons. The highest BCUT2D eigenvalue weighted by atomic mass is 19.1. The van der Waals surface area contributed by atoms with Gasteiger partial charge in [0.05, 0.1) is 5.56 Å². The minimum absolute atomic E-state index is 0.0127. The molecule has 0 atom stereocenters. The van der Waals surface area contributed by atoms with E-state index in [-0.39, 0.29) is 11.5 Å². The second-order valence-electron chi connectivity index (χ2n) is 7.54. The van der Waals surface area contributed by atoms with Gasteiger partial charge in [0.1, 0.15) is 5.82 Å². The van der Waals surface area contributed by atoms with Gasteiger partial charge in [0.2, 0.25) is 5.91 Å². The molecule has 1 heterocycles. The van der Waals surface area contributed by atoms with E-state index in [0.717, 1.165) is 24.3 Å². The van der Waals surface area contributed by atoms with Gasteiger partial charge in [-0.3, -0.25) is 9.59 Å². The number of piperazine rings is 1. The van der Waals surface area contributed by atoms with Gasteiger partial charge in [-0.05, 0) is 48.0 Å². The number of nitrogens with zero attached hydrogens (tertiary/aromatic N) is 2. The van der Waals surface area contributed by atoms with Crippen LogP contribution in [0.25, 0.3) is 6.08 Å². The van der Waals surface area contributed by atoms with E-state index >= 15 is 0 Å². The predicted molar refractivity (Wildman–Crippen MR) is 125 cm³/mol. The topological polar surface area (TPSA) is 52.7 Å². The molecule has 6 heteroatoms. The molecule has 1 fully saturated rings. The lowest BCUT2D eigenvalue weighted by molar-refractivity contribution is -0.126. The zero-order valence-corrected chi connectivity index (χ0v) is 17.6. The van der Waals surface area contributed by atoms with E-state index in [1.165, 1.54) is 12.1 Å². The zero-order chi connectivity index (χ0) is 22.3. The van der Waals surface area contributed by atoms with Crippen molar-refractivity contribution in [2.24, 2.45) is 0 Å². The van der Waals surface area contributed by atoms with E-state index in [0.29, 0.717) is 18.8 Å². The van der Waals surface area contributed by atoms with Crippen LogP contribution in [0, 0.1) is 5.82 Å². The number of anilines is 2. The van der Waals surface area contributed by atoms with E-state index in [1.807, 2.05) is 53.4 Å². The molecule has 1 saturated heterocycles. The Morgan fingerprint density at radius 1 is 0.812 bits per heavy atom. The number of halogens is 1. The molecule has 0 spiro atoms. The molecule has 4 rings (SSSR count). The van der Waals surface area contributed by atoms with Gasteiger partial charge < -0.3 is 15.1 Å². The van der Waals surface area contributed by atoms with Crippen LogP contribution in [0.5, 0.6) is 0 Å². The van der Waals surface area contributed by atoms with Crippen LogP contribution in [-0.4, -0.2) is 42.9 Å². The standard InChI is InChI=1S/C26H24FN3O2/c27-24-9-5-4-8-23(24)26(32)28-21-11-13-22(14-12-21)29-16-18-30(19-17-29)25(31)15-10-20-6-2-1-3-7-20/h1-15H,16-19H2,(H,28,32)/b15-10+. The number of hydrogen-bond acceptors (Lipinski definition) is 3. The van der Waals surface area contributed by atoms with Crippen LogP contribution >= 0.6 is 0 Å². The van der Waals surface area contributed by atoms with Gasteiger partial charge in [-0.15, -0.1) is 0 Å². The van der Waals surface area contributed by atoms with Gasteiger partial charge in [0.25, 0.3) is 5.91 Å². The molecule has 2 amide bonds. The highest BCUT2D eigenvalue weighted by molar-refractivity contribution is 6.04. The monoisotopic (exact) mass is 429 g/mol. The maximum atomic E-state index is 13.8. The van der Waals surface area contributed by atoms with Crippen LogP contribution in [0.1, 0.15) is 15.9 Å². The molecule has 5 nitrogen and oxygen atoms in total. The molecule has 1 aliphatic rings. The van der Waals surface area contributed by atoms with Crippen molar-refractivity contribution in [2.45, 2.75) is 0 Å². The van der Waals surface area contributed by atoms with Crippen molar-refractivity contribution in [2.75, 3.05) is 36.4 Å². The highest BCUT2D eigenvalue weighted by Gasteiger charge is 2.20. The minimum Gasteiger partial charge on any atom is -0.368 e. The van der Waals surface area contributed by atoms with Gasteiger partial charge in [0, 0.05) is 43.6 Å². The Morgan fingerprint density at radius 3 is 2.16 bits per heavy atom. The summed E-state index contributed by atoms with van der Waals surface area (Å²) in [6.07, 6.45) is 3.46. The fraction of sp³-hybridized carbons (Fsp3) is 0.154. The smallest absolute Gasteiger partial charge is 0.258 e. The lowest BCUT2D eigenvalue weighted by atomic mass is 10.2. The molecule has 0 aromatic heterocycles. The summed E-state index contributed by atoms with van der Waals surface area (Å²) in [5.41, 5.74) is 2.63. The Bertz CT molecular complexity index is 1110. The first-order valence-corrected chi connectivity index (χ1v) is 10.5. The third-order valence-corrected chi connectivity index (χ3v) is 5.42. The van der Waals surface area contributed by atoms with E-state index in [2.05, 4.69) is 10.2 Å². The van der Waals surface area contributed by atoms with Crippen molar-refractivity contribution in [1.29, 1.82) is 0 Å². The molecule has 0 aliphatic carbocycles. The lowest BCUT2D eigenvalue weighted by Gasteiger charge is -2.35. The third-order valence-electron chi connectivity index (χ3n) is 5.42. The maximum Gasteiger partial charge on any atom is 0.258 e. The summed E-state index contributed by atoms with van der Waals surface area (Å²) in [5.74, 6) is -1.01. The van der Waals surface area contributed by atoms with Crippen molar-refractivity contribution in [3.8, 4) is 0 Å². The highest BCUT2D eigenvalue weighted by Crippen LogP contribution is 2.20. The van der Waals surface area contributed by atoms with Gasteiger partial charge in [-0.1, -0.05) is 42.5 Å². The third kappa shape index (κ3) is 5.21. The Hall–Kier alpha value is -3.93. The Morgan fingerprint density at radius 2 is 1.47 bits per heavy atom. The molecule has 1 N–H and O–H groups in total. The molecule has 32 heavy (non-hydrogen) atoms. The normalized spacial score (nSPS) is 13.9.